The van der Waals surface area contributed by atoms with Gasteiger partial charge in [0.05, 0.1) is 6.17 Å². The molecule has 136 valence electrons. The normalized spacial score (nSPS) is 11.6. The molecule has 0 saturated heterocycles. The van der Waals surface area contributed by atoms with Crippen molar-refractivity contribution in [3.63, 3.8) is 0 Å². The molecule has 0 bridgehead atoms. The van der Waals surface area contributed by atoms with E-state index in [1.54, 1.807) is 13.0 Å². The van der Waals surface area contributed by atoms with Crippen LogP contribution in [0.25, 0.3) is 21.9 Å². The molecule has 3 aromatic rings. The first-order chi connectivity index (χ1) is 13.2. The second kappa shape index (κ2) is 9.09. The van der Waals surface area contributed by atoms with Gasteiger partial charge in [-0.15, -0.1) is 6.58 Å². The van der Waals surface area contributed by atoms with Gasteiger partial charge in [-0.1, -0.05) is 36.1 Å². The number of allylic oxidation sites excluding steroid dienone is 1. The topological polar surface area (TPSA) is 25.8 Å². The standard InChI is InChI=1S/C24H23FN2/c1-3-7-24-26-16-23(17-27-24)22-13-12-20-14-19(10-11-21(20)15-22)9-6-4-5-8-18(2)25/h3,10-18H,1,4-5,7-8H2,2H3. The lowest BCUT2D eigenvalue weighted by molar-refractivity contribution is 0.336. The summed E-state index contributed by atoms with van der Waals surface area (Å²) in [6.45, 7) is 5.30. The predicted molar refractivity (Wildman–Crippen MR) is 110 cm³/mol. The molecule has 0 aliphatic heterocycles. The number of hydrogen-bond acceptors (Lipinski definition) is 2. The third-order valence-corrected chi connectivity index (χ3v) is 4.34. The fourth-order valence-corrected chi connectivity index (χ4v) is 2.88. The molecule has 3 heteroatoms. The van der Waals surface area contributed by atoms with Gasteiger partial charge in [0.2, 0.25) is 0 Å². The molecule has 0 aliphatic rings. The van der Waals surface area contributed by atoms with Gasteiger partial charge >= 0.3 is 0 Å². The van der Waals surface area contributed by atoms with Gasteiger partial charge in [-0.05, 0) is 54.3 Å². The predicted octanol–water partition coefficient (Wildman–Crippen LogP) is 5.91. The van der Waals surface area contributed by atoms with E-state index in [2.05, 4.69) is 58.7 Å². The van der Waals surface area contributed by atoms with E-state index in [1.165, 1.54) is 0 Å². The number of halogens is 1. The number of alkyl halides is 1. The lowest BCUT2D eigenvalue weighted by Crippen LogP contribution is -1.92. The fourth-order valence-electron chi connectivity index (χ4n) is 2.88. The molecule has 2 nitrogen and oxygen atoms in total. The monoisotopic (exact) mass is 358 g/mol. The average Bonchev–Trinajstić information content (AvgIpc) is 2.68. The Balaban J connectivity index is 1.75. The molecular weight excluding hydrogens is 335 g/mol. The highest BCUT2D eigenvalue weighted by molar-refractivity contribution is 5.88. The van der Waals surface area contributed by atoms with Crippen molar-refractivity contribution in [1.82, 2.24) is 9.97 Å². The fraction of sp³-hybridized carbons (Fsp3) is 0.250. The number of unbranched alkanes of at least 4 members (excludes halogenated alkanes) is 1. The van der Waals surface area contributed by atoms with Crippen molar-refractivity contribution in [3.05, 3.63) is 72.8 Å². The first kappa shape index (κ1) is 18.8. The van der Waals surface area contributed by atoms with Crippen molar-refractivity contribution in [2.75, 3.05) is 0 Å². The van der Waals surface area contributed by atoms with Crippen LogP contribution in [0.15, 0.2) is 61.4 Å². The van der Waals surface area contributed by atoms with Crippen LogP contribution in [0.4, 0.5) is 4.39 Å². The van der Waals surface area contributed by atoms with E-state index >= 15 is 0 Å². The third-order valence-electron chi connectivity index (χ3n) is 4.34. The second-order valence-electron chi connectivity index (χ2n) is 6.63. The van der Waals surface area contributed by atoms with Gasteiger partial charge in [0.25, 0.3) is 0 Å². The number of rotatable bonds is 6. The zero-order valence-corrected chi connectivity index (χ0v) is 15.6. The van der Waals surface area contributed by atoms with Gasteiger partial charge < -0.3 is 0 Å². The lowest BCUT2D eigenvalue weighted by atomic mass is 10.0. The van der Waals surface area contributed by atoms with E-state index in [9.17, 15) is 4.39 Å². The molecule has 0 spiro atoms. The number of aromatic nitrogens is 2. The number of fused-ring (bicyclic) bond motifs is 1. The Bertz CT molecular complexity index is 979. The Labute approximate surface area is 160 Å². The highest BCUT2D eigenvalue weighted by atomic mass is 19.1. The minimum Gasteiger partial charge on any atom is -0.248 e. The molecule has 0 saturated carbocycles. The molecule has 3 rings (SSSR count). The smallest absolute Gasteiger partial charge is 0.131 e. The summed E-state index contributed by atoms with van der Waals surface area (Å²) in [5, 5.41) is 2.30. The van der Waals surface area contributed by atoms with Crippen molar-refractivity contribution in [1.29, 1.82) is 0 Å². The summed E-state index contributed by atoms with van der Waals surface area (Å²) in [7, 11) is 0. The molecule has 0 aliphatic carbocycles. The van der Waals surface area contributed by atoms with E-state index < -0.39 is 6.17 Å². The van der Waals surface area contributed by atoms with Crippen molar-refractivity contribution in [2.24, 2.45) is 0 Å². The number of benzene rings is 2. The largest absolute Gasteiger partial charge is 0.248 e. The van der Waals surface area contributed by atoms with Crippen LogP contribution in [0.5, 0.6) is 0 Å². The summed E-state index contributed by atoms with van der Waals surface area (Å²) in [4.78, 5) is 8.75. The van der Waals surface area contributed by atoms with Crippen molar-refractivity contribution in [3.8, 4) is 23.0 Å². The Morgan fingerprint density at radius 2 is 1.81 bits per heavy atom. The van der Waals surface area contributed by atoms with Gasteiger partial charge in [-0.25, -0.2) is 14.4 Å². The van der Waals surface area contributed by atoms with Crippen molar-refractivity contribution < 1.29 is 4.39 Å². The highest BCUT2D eigenvalue weighted by Crippen LogP contribution is 2.24. The van der Waals surface area contributed by atoms with Crippen LogP contribution in [0.2, 0.25) is 0 Å². The van der Waals surface area contributed by atoms with Crippen LogP contribution < -0.4 is 0 Å². The average molecular weight is 358 g/mol. The molecule has 1 atom stereocenters. The summed E-state index contributed by atoms with van der Waals surface area (Å²) >= 11 is 0. The van der Waals surface area contributed by atoms with Gasteiger partial charge in [0, 0.05) is 36.4 Å². The van der Waals surface area contributed by atoms with E-state index in [0.717, 1.165) is 46.1 Å². The van der Waals surface area contributed by atoms with E-state index in [-0.39, 0.29) is 0 Å². The quantitative estimate of drug-likeness (QED) is 0.311. The van der Waals surface area contributed by atoms with Crippen LogP contribution in [0, 0.1) is 11.8 Å². The summed E-state index contributed by atoms with van der Waals surface area (Å²) in [6.07, 6.45) is 7.54. The maximum absolute atomic E-state index is 12.8. The minimum atomic E-state index is -0.745. The van der Waals surface area contributed by atoms with Crippen LogP contribution >= 0.6 is 0 Å². The van der Waals surface area contributed by atoms with Crippen LogP contribution in [-0.4, -0.2) is 16.1 Å². The van der Waals surface area contributed by atoms with Gasteiger partial charge in [-0.3, -0.25) is 0 Å². The zero-order valence-electron chi connectivity index (χ0n) is 15.6. The summed E-state index contributed by atoms with van der Waals surface area (Å²) in [6, 6.07) is 12.5. The number of hydrogen-bond donors (Lipinski definition) is 0. The summed E-state index contributed by atoms with van der Waals surface area (Å²) < 4.78 is 12.8. The Hall–Kier alpha value is -2.99. The molecule has 1 aromatic heterocycles. The van der Waals surface area contributed by atoms with Crippen LogP contribution in [-0.2, 0) is 6.42 Å². The SMILES string of the molecule is C=CCc1ncc(-c2ccc3cc(C#CCCCC(C)F)ccc3c2)cn1. The molecule has 1 heterocycles. The molecule has 0 fully saturated rings. The molecule has 1 unspecified atom stereocenters. The molecule has 2 aromatic carbocycles. The first-order valence-electron chi connectivity index (χ1n) is 9.24. The maximum Gasteiger partial charge on any atom is 0.131 e. The molecular formula is C24H23FN2. The van der Waals surface area contributed by atoms with Gasteiger partial charge in [0.1, 0.15) is 5.82 Å². The van der Waals surface area contributed by atoms with Gasteiger partial charge in [0.15, 0.2) is 0 Å². The van der Waals surface area contributed by atoms with Crippen molar-refractivity contribution in [2.45, 2.75) is 38.8 Å². The van der Waals surface area contributed by atoms with Crippen LogP contribution in [0.1, 0.15) is 37.6 Å². The molecule has 27 heavy (non-hydrogen) atoms. The second-order valence-corrected chi connectivity index (χ2v) is 6.63. The molecule has 0 N–H and O–H groups in total. The van der Waals surface area contributed by atoms with Gasteiger partial charge in [-0.2, -0.15) is 0 Å². The molecule has 0 amide bonds. The lowest BCUT2D eigenvalue weighted by Gasteiger charge is -2.05. The minimum absolute atomic E-state index is 0.577. The van der Waals surface area contributed by atoms with Crippen LogP contribution in [0.3, 0.4) is 0 Å². The number of nitrogens with zero attached hydrogens (tertiary/aromatic N) is 2. The summed E-state index contributed by atoms with van der Waals surface area (Å²) in [5.41, 5.74) is 3.07. The summed E-state index contributed by atoms with van der Waals surface area (Å²) in [5.74, 6) is 7.09. The third kappa shape index (κ3) is 5.24. The Morgan fingerprint density at radius 3 is 2.56 bits per heavy atom. The van der Waals surface area contributed by atoms with E-state index in [1.807, 2.05) is 18.5 Å². The Kier molecular flexibility index (Phi) is 6.33. The molecule has 0 radical (unpaired) electrons. The zero-order chi connectivity index (χ0) is 19.1. The van der Waals surface area contributed by atoms with Crippen molar-refractivity contribution >= 4 is 10.8 Å². The first-order valence-corrected chi connectivity index (χ1v) is 9.24. The Morgan fingerprint density at radius 1 is 1.07 bits per heavy atom. The van der Waals surface area contributed by atoms with E-state index in [4.69, 9.17) is 0 Å². The maximum atomic E-state index is 12.8. The van der Waals surface area contributed by atoms with E-state index in [0.29, 0.717) is 12.8 Å². The highest BCUT2D eigenvalue weighted by Gasteiger charge is 2.03.